The fourth-order valence-corrected chi connectivity index (χ4v) is 3.15. The second-order valence-corrected chi connectivity index (χ2v) is 6.81. The monoisotopic (exact) mass is 445 g/mol. The summed E-state index contributed by atoms with van der Waals surface area (Å²) < 4.78 is 16.1. The van der Waals surface area contributed by atoms with Crippen LogP contribution < -0.4 is 20.5 Å². The highest BCUT2D eigenvalue weighted by atomic mass is 35.5. The van der Waals surface area contributed by atoms with Crippen molar-refractivity contribution in [2.75, 3.05) is 27.3 Å². The molecule has 1 heterocycles. The maximum Gasteiger partial charge on any atom is 0.227 e. The van der Waals surface area contributed by atoms with Crippen molar-refractivity contribution in [2.45, 2.75) is 19.3 Å². The predicted octanol–water partition coefficient (Wildman–Crippen LogP) is 3.85. The lowest BCUT2D eigenvalue weighted by atomic mass is 9.98. The lowest BCUT2D eigenvalue weighted by Crippen LogP contribution is -2.26. The lowest BCUT2D eigenvalue weighted by molar-refractivity contribution is -0.120. The Morgan fingerprint density at radius 3 is 2.10 bits per heavy atom. The summed E-state index contributed by atoms with van der Waals surface area (Å²) in [5.74, 6) is 1.91. The molecule has 0 saturated heterocycles. The highest BCUT2D eigenvalue weighted by molar-refractivity contribution is 5.86. The van der Waals surface area contributed by atoms with Gasteiger partial charge in [0, 0.05) is 12.1 Å². The van der Waals surface area contributed by atoms with Gasteiger partial charge in [0.2, 0.25) is 5.91 Å². The Balaban J connectivity index is 0.00000341. The fourth-order valence-electron chi connectivity index (χ4n) is 3.15. The molecule has 2 aromatic carbocycles. The number of benzene rings is 2. The zero-order valence-electron chi connectivity index (χ0n) is 17.7. The summed E-state index contributed by atoms with van der Waals surface area (Å²) in [5, 5.41) is 7.19. The number of hydrogen-bond donors (Lipinski definition) is 2. The molecule has 0 atom stereocenters. The summed E-state index contributed by atoms with van der Waals surface area (Å²) in [7, 11) is 3.25. The highest BCUT2D eigenvalue weighted by Gasteiger charge is 2.21. The summed E-state index contributed by atoms with van der Waals surface area (Å²) in [6, 6.07) is 15.2. The average molecular weight is 446 g/mol. The van der Waals surface area contributed by atoms with E-state index in [2.05, 4.69) is 10.5 Å². The number of halogens is 1. The molecule has 31 heavy (non-hydrogen) atoms. The molecule has 0 spiro atoms. The molecule has 3 aromatic rings. The standard InChI is InChI=1S/C23H27N3O4.ClH/c1-28-18-9-5-16(6-10-18)22-20(15-21(27)25-14-4-3-13-24)30-26-23(22)17-7-11-19(29-2)12-8-17;/h5-12H,3-4,13-15,24H2,1-2H3,(H,25,27);1H. The van der Waals surface area contributed by atoms with E-state index in [0.29, 0.717) is 24.5 Å². The largest absolute Gasteiger partial charge is 0.497 e. The molecule has 0 aliphatic heterocycles. The quantitative estimate of drug-likeness (QED) is 0.460. The van der Waals surface area contributed by atoms with Crippen LogP contribution in [0.25, 0.3) is 22.4 Å². The van der Waals surface area contributed by atoms with Gasteiger partial charge < -0.3 is 25.0 Å². The van der Waals surface area contributed by atoms with E-state index in [0.717, 1.165) is 41.0 Å². The lowest BCUT2D eigenvalue weighted by Gasteiger charge is -2.08. The molecule has 3 N–H and O–H groups in total. The van der Waals surface area contributed by atoms with E-state index in [1.807, 2.05) is 48.5 Å². The van der Waals surface area contributed by atoms with Crippen LogP contribution in [0.2, 0.25) is 0 Å². The number of nitrogens with two attached hydrogens (primary N) is 1. The predicted molar refractivity (Wildman–Crippen MR) is 123 cm³/mol. The van der Waals surface area contributed by atoms with Crippen molar-refractivity contribution >= 4 is 18.3 Å². The minimum absolute atomic E-state index is 0. The first-order valence-corrected chi connectivity index (χ1v) is 9.90. The van der Waals surface area contributed by atoms with Gasteiger partial charge in [-0.2, -0.15) is 0 Å². The van der Waals surface area contributed by atoms with Crippen molar-refractivity contribution in [1.82, 2.24) is 10.5 Å². The van der Waals surface area contributed by atoms with Crippen molar-refractivity contribution < 1.29 is 18.8 Å². The zero-order chi connectivity index (χ0) is 21.3. The van der Waals surface area contributed by atoms with Gasteiger partial charge in [0.15, 0.2) is 5.76 Å². The van der Waals surface area contributed by atoms with Crippen molar-refractivity contribution in [3.05, 3.63) is 54.3 Å². The van der Waals surface area contributed by atoms with Gasteiger partial charge in [-0.3, -0.25) is 4.79 Å². The van der Waals surface area contributed by atoms with Gasteiger partial charge in [-0.25, -0.2) is 0 Å². The van der Waals surface area contributed by atoms with E-state index in [1.54, 1.807) is 14.2 Å². The number of ether oxygens (including phenoxy) is 2. The molecule has 0 aliphatic carbocycles. The third-order valence-corrected chi connectivity index (χ3v) is 4.78. The van der Waals surface area contributed by atoms with Crippen LogP contribution in [-0.4, -0.2) is 38.4 Å². The zero-order valence-corrected chi connectivity index (χ0v) is 18.5. The Bertz CT molecular complexity index is 956. The normalized spacial score (nSPS) is 10.3. The number of unbranched alkanes of at least 4 members (excludes halogenated alkanes) is 1. The van der Waals surface area contributed by atoms with E-state index >= 15 is 0 Å². The number of rotatable bonds is 10. The van der Waals surface area contributed by atoms with Crippen molar-refractivity contribution in [1.29, 1.82) is 0 Å². The third-order valence-electron chi connectivity index (χ3n) is 4.78. The molecule has 0 unspecified atom stereocenters. The van der Waals surface area contributed by atoms with Crippen LogP contribution in [-0.2, 0) is 11.2 Å². The van der Waals surface area contributed by atoms with Gasteiger partial charge in [0.25, 0.3) is 0 Å². The van der Waals surface area contributed by atoms with Gasteiger partial charge >= 0.3 is 0 Å². The van der Waals surface area contributed by atoms with Crippen LogP contribution >= 0.6 is 12.4 Å². The topological polar surface area (TPSA) is 99.6 Å². The Kier molecular flexibility index (Phi) is 9.37. The van der Waals surface area contributed by atoms with Crippen LogP contribution in [0, 0.1) is 0 Å². The van der Waals surface area contributed by atoms with Crippen molar-refractivity contribution in [3.8, 4) is 33.9 Å². The number of hydrogen-bond acceptors (Lipinski definition) is 6. The number of methoxy groups -OCH3 is 2. The number of nitrogens with one attached hydrogen (secondary N) is 1. The van der Waals surface area contributed by atoms with Gasteiger partial charge in [0.05, 0.1) is 26.2 Å². The summed E-state index contributed by atoms with van der Waals surface area (Å²) >= 11 is 0. The van der Waals surface area contributed by atoms with E-state index in [4.69, 9.17) is 19.7 Å². The SMILES string of the molecule is COc1ccc(-c2noc(CC(=O)NCCCCN)c2-c2ccc(OC)cc2)cc1.Cl. The Morgan fingerprint density at radius 1 is 0.968 bits per heavy atom. The minimum atomic E-state index is -0.112. The first-order valence-electron chi connectivity index (χ1n) is 9.90. The molecule has 0 fully saturated rings. The van der Waals surface area contributed by atoms with Crippen LogP contribution in [0.3, 0.4) is 0 Å². The second-order valence-electron chi connectivity index (χ2n) is 6.81. The number of carbonyl (C=O) groups excluding carboxylic acids is 1. The molecule has 0 radical (unpaired) electrons. The fraction of sp³-hybridized carbons (Fsp3) is 0.304. The first kappa shape index (κ1) is 24.2. The Labute approximate surface area is 188 Å². The molecule has 0 bridgehead atoms. The van der Waals surface area contributed by atoms with E-state index < -0.39 is 0 Å². The summed E-state index contributed by atoms with van der Waals surface area (Å²) in [6.07, 6.45) is 1.83. The highest BCUT2D eigenvalue weighted by Crippen LogP contribution is 2.36. The smallest absolute Gasteiger partial charge is 0.227 e. The molecule has 8 heteroatoms. The van der Waals surface area contributed by atoms with Gasteiger partial charge in [-0.15, -0.1) is 12.4 Å². The number of carbonyl (C=O) groups is 1. The molecule has 0 saturated carbocycles. The summed E-state index contributed by atoms with van der Waals surface area (Å²) in [4.78, 5) is 12.4. The molecular formula is C23H28ClN3O4. The molecule has 0 aliphatic rings. The molecular weight excluding hydrogens is 418 g/mol. The average Bonchev–Trinajstić information content (AvgIpc) is 3.20. The summed E-state index contributed by atoms with van der Waals surface area (Å²) in [5.41, 5.74) is 8.74. The van der Waals surface area contributed by atoms with Gasteiger partial charge in [-0.05, 0) is 61.3 Å². The van der Waals surface area contributed by atoms with Crippen molar-refractivity contribution in [2.24, 2.45) is 5.73 Å². The molecule has 7 nitrogen and oxygen atoms in total. The van der Waals surface area contributed by atoms with E-state index in [9.17, 15) is 4.79 Å². The third kappa shape index (κ3) is 6.23. The number of amides is 1. The first-order chi connectivity index (χ1) is 14.7. The van der Waals surface area contributed by atoms with Crippen molar-refractivity contribution in [3.63, 3.8) is 0 Å². The Hall–Kier alpha value is -3.03. The van der Waals surface area contributed by atoms with Crippen LogP contribution in [0.4, 0.5) is 0 Å². The van der Waals surface area contributed by atoms with E-state index in [-0.39, 0.29) is 24.7 Å². The molecule has 1 aromatic heterocycles. The molecule has 166 valence electrons. The van der Waals surface area contributed by atoms with E-state index in [1.165, 1.54) is 0 Å². The minimum Gasteiger partial charge on any atom is -0.497 e. The maximum absolute atomic E-state index is 12.4. The Morgan fingerprint density at radius 2 is 1.55 bits per heavy atom. The van der Waals surface area contributed by atoms with Gasteiger partial charge in [-0.1, -0.05) is 17.3 Å². The van der Waals surface area contributed by atoms with Crippen LogP contribution in [0.5, 0.6) is 11.5 Å². The second kappa shape index (κ2) is 12.0. The summed E-state index contributed by atoms with van der Waals surface area (Å²) in [6.45, 7) is 1.21. The molecule has 1 amide bonds. The number of nitrogens with zero attached hydrogens (tertiary/aromatic N) is 1. The molecule has 3 rings (SSSR count). The van der Waals surface area contributed by atoms with Crippen LogP contribution in [0.15, 0.2) is 53.1 Å². The maximum atomic E-state index is 12.4. The number of aromatic nitrogens is 1. The van der Waals surface area contributed by atoms with Gasteiger partial charge in [0.1, 0.15) is 17.2 Å². The van der Waals surface area contributed by atoms with Crippen LogP contribution in [0.1, 0.15) is 18.6 Å².